The van der Waals surface area contributed by atoms with Gasteiger partial charge in [0.25, 0.3) is 5.92 Å². The van der Waals surface area contributed by atoms with Crippen molar-refractivity contribution in [2.45, 2.75) is 44.1 Å². The molecule has 1 aliphatic carbocycles. The number of rotatable bonds is 1. The molecule has 2 aliphatic rings. The molecule has 2 rings (SSSR count). The Hall–Kier alpha value is -0.180. The summed E-state index contributed by atoms with van der Waals surface area (Å²) in [4.78, 5) is 0. The van der Waals surface area contributed by atoms with Crippen molar-refractivity contribution < 1.29 is 8.78 Å². The molecule has 0 aromatic carbocycles. The monoisotopic (exact) mass is 175 g/mol. The Bertz CT molecular complexity index is 166. The lowest BCUT2D eigenvalue weighted by Crippen LogP contribution is -2.55. The van der Waals surface area contributed by atoms with Gasteiger partial charge in [-0.3, -0.25) is 0 Å². The van der Waals surface area contributed by atoms with E-state index in [4.69, 9.17) is 0 Å². The normalized spacial score (nSPS) is 36.0. The molecule has 1 saturated carbocycles. The first-order chi connectivity index (χ1) is 5.70. The van der Waals surface area contributed by atoms with Crippen LogP contribution in [-0.2, 0) is 0 Å². The Morgan fingerprint density at radius 2 is 1.92 bits per heavy atom. The van der Waals surface area contributed by atoms with E-state index in [0.29, 0.717) is 6.42 Å². The number of hydrogen-bond donors (Lipinski definition) is 1. The van der Waals surface area contributed by atoms with E-state index >= 15 is 0 Å². The van der Waals surface area contributed by atoms with Crippen LogP contribution in [0.2, 0.25) is 0 Å². The second-order valence-corrected chi connectivity index (χ2v) is 3.99. The molecule has 1 unspecified atom stereocenters. The van der Waals surface area contributed by atoms with E-state index < -0.39 is 12.0 Å². The van der Waals surface area contributed by atoms with Gasteiger partial charge in [0.05, 0.1) is 6.04 Å². The van der Waals surface area contributed by atoms with Gasteiger partial charge >= 0.3 is 0 Å². The van der Waals surface area contributed by atoms with E-state index in [1.54, 1.807) is 0 Å². The quantitative estimate of drug-likeness (QED) is 0.644. The zero-order valence-electron chi connectivity index (χ0n) is 7.15. The fraction of sp³-hybridized carbons (Fsp3) is 1.00. The van der Waals surface area contributed by atoms with Crippen molar-refractivity contribution in [1.29, 1.82) is 0 Å². The first-order valence-corrected chi connectivity index (χ1v) is 4.81. The second kappa shape index (κ2) is 2.95. The molecule has 0 amide bonds. The van der Waals surface area contributed by atoms with Gasteiger partial charge in [0, 0.05) is 6.42 Å². The highest BCUT2D eigenvalue weighted by Gasteiger charge is 2.46. The van der Waals surface area contributed by atoms with E-state index in [1.807, 2.05) is 0 Å². The summed E-state index contributed by atoms with van der Waals surface area (Å²) in [5, 5.41) is 2.96. The second-order valence-electron chi connectivity index (χ2n) is 3.99. The first-order valence-electron chi connectivity index (χ1n) is 4.81. The minimum Gasteiger partial charge on any atom is -0.308 e. The van der Waals surface area contributed by atoms with Gasteiger partial charge in [-0.1, -0.05) is 6.42 Å². The molecule has 0 aromatic heterocycles. The lowest BCUT2D eigenvalue weighted by Gasteiger charge is -2.41. The van der Waals surface area contributed by atoms with Crippen molar-refractivity contribution in [2.75, 3.05) is 6.54 Å². The fourth-order valence-electron chi connectivity index (χ4n) is 2.17. The van der Waals surface area contributed by atoms with Crippen LogP contribution in [0.4, 0.5) is 8.78 Å². The number of piperidine rings is 1. The predicted octanol–water partition coefficient (Wildman–Crippen LogP) is 2.17. The van der Waals surface area contributed by atoms with Crippen LogP contribution in [-0.4, -0.2) is 18.5 Å². The largest absolute Gasteiger partial charge is 0.308 e. The van der Waals surface area contributed by atoms with Crippen LogP contribution < -0.4 is 5.32 Å². The lowest BCUT2D eigenvalue weighted by molar-refractivity contribution is -0.0891. The molecule has 0 radical (unpaired) electrons. The zero-order valence-corrected chi connectivity index (χ0v) is 7.15. The fourth-order valence-corrected chi connectivity index (χ4v) is 2.17. The van der Waals surface area contributed by atoms with E-state index in [-0.39, 0.29) is 12.3 Å². The Morgan fingerprint density at radius 1 is 1.17 bits per heavy atom. The average Bonchev–Trinajstić information content (AvgIpc) is 1.89. The van der Waals surface area contributed by atoms with Gasteiger partial charge in [0.1, 0.15) is 0 Å². The maximum atomic E-state index is 13.3. The minimum atomic E-state index is -2.44. The summed E-state index contributed by atoms with van der Waals surface area (Å²) in [6.07, 6.45) is 3.83. The molecule has 3 heteroatoms. The van der Waals surface area contributed by atoms with Gasteiger partial charge in [0.15, 0.2) is 0 Å². The minimum absolute atomic E-state index is 0.0845. The molecular formula is C9H15F2N. The highest BCUT2D eigenvalue weighted by atomic mass is 19.3. The van der Waals surface area contributed by atoms with E-state index in [2.05, 4.69) is 5.32 Å². The summed E-state index contributed by atoms with van der Waals surface area (Å²) in [6.45, 7) is 0.775. The molecule has 1 atom stereocenters. The van der Waals surface area contributed by atoms with Gasteiger partial charge in [-0.05, 0) is 31.7 Å². The van der Waals surface area contributed by atoms with E-state index in [9.17, 15) is 8.78 Å². The van der Waals surface area contributed by atoms with Gasteiger partial charge < -0.3 is 5.32 Å². The van der Waals surface area contributed by atoms with Gasteiger partial charge in [-0.25, -0.2) is 8.78 Å². The summed E-state index contributed by atoms with van der Waals surface area (Å²) in [6, 6.07) is -0.514. The van der Waals surface area contributed by atoms with Gasteiger partial charge in [0.2, 0.25) is 0 Å². The molecular weight excluding hydrogens is 160 g/mol. The van der Waals surface area contributed by atoms with Crippen LogP contribution in [0.25, 0.3) is 0 Å². The molecule has 70 valence electrons. The summed E-state index contributed by atoms with van der Waals surface area (Å²) in [5.41, 5.74) is 0. The first kappa shape index (κ1) is 8.42. The lowest BCUT2D eigenvalue weighted by atomic mass is 9.75. The number of alkyl halides is 2. The zero-order chi connectivity index (χ0) is 8.60. The number of hydrogen-bond acceptors (Lipinski definition) is 1. The predicted molar refractivity (Wildman–Crippen MR) is 43.3 cm³/mol. The molecule has 12 heavy (non-hydrogen) atoms. The highest BCUT2D eigenvalue weighted by Crippen LogP contribution is 2.40. The van der Waals surface area contributed by atoms with Crippen LogP contribution >= 0.6 is 0 Å². The Labute approximate surface area is 71.5 Å². The Kier molecular flexibility index (Phi) is 2.07. The van der Waals surface area contributed by atoms with Crippen molar-refractivity contribution in [3.63, 3.8) is 0 Å². The van der Waals surface area contributed by atoms with E-state index in [0.717, 1.165) is 25.8 Å². The van der Waals surface area contributed by atoms with Crippen molar-refractivity contribution in [3.05, 3.63) is 0 Å². The van der Waals surface area contributed by atoms with Crippen molar-refractivity contribution in [3.8, 4) is 0 Å². The highest BCUT2D eigenvalue weighted by molar-refractivity contribution is 4.95. The molecule has 2 fully saturated rings. The van der Waals surface area contributed by atoms with Crippen LogP contribution in [0, 0.1) is 5.92 Å². The maximum Gasteiger partial charge on any atom is 0.263 e. The van der Waals surface area contributed by atoms with Gasteiger partial charge in [-0.15, -0.1) is 0 Å². The summed E-state index contributed by atoms with van der Waals surface area (Å²) >= 11 is 0. The van der Waals surface area contributed by atoms with Crippen LogP contribution in [0.1, 0.15) is 32.1 Å². The van der Waals surface area contributed by atoms with Crippen LogP contribution in [0.5, 0.6) is 0 Å². The number of halogens is 2. The Morgan fingerprint density at radius 3 is 2.42 bits per heavy atom. The van der Waals surface area contributed by atoms with Gasteiger partial charge in [-0.2, -0.15) is 0 Å². The van der Waals surface area contributed by atoms with Crippen molar-refractivity contribution >= 4 is 0 Å². The number of nitrogens with one attached hydrogen (secondary N) is 1. The van der Waals surface area contributed by atoms with Crippen LogP contribution in [0.3, 0.4) is 0 Å². The molecule has 0 spiro atoms. The molecule has 0 bridgehead atoms. The third kappa shape index (κ3) is 1.35. The molecule has 0 aromatic rings. The Balaban J connectivity index is 2.00. The molecule has 1 aliphatic heterocycles. The average molecular weight is 175 g/mol. The summed E-state index contributed by atoms with van der Waals surface area (Å²) in [7, 11) is 0. The van der Waals surface area contributed by atoms with Crippen molar-refractivity contribution in [2.24, 2.45) is 5.92 Å². The SMILES string of the molecule is FC1(F)CCCNC1C1CCC1. The van der Waals surface area contributed by atoms with E-state index in [1.165, 1.54) is 0 Å². The topological polar surface area (TPSA) is 12.0 Å². The third-order valence-corrected chi connectivity index (χ3v) is 3.13. The van der Waals surface area contributed by atoms with Crippen molar-refractivity contribution in [1.82, 2.24) is 5.32 Å². The molecule has 1 heterocycles. The summed E-state index contributed by atoms with van der Waals surface area (Å²) < 4.78 is 26.6. The van der Waals surface area contributed by atoms with Crippen LogP contribution in [0.15, 0.2) is 0 Å². The standard InChI is InChI=1S/C9H15F2N/c10-9(11)5-2-6-12-8(9)7-3-1-4-7/h7-8,12H,1-6H2. The third-order valence-electron chi connectivity index (χ3n) is 3.13. The maximum absolute atomic E-state index is 13.3. The molecule has 1 saturated heterocycles. The molecule has 1 N–H and O–H groups in total. The molecule has 1 nitrogen and oxygen atoms in total. The smallest absolute Gasteiger partial charge is 0.263 e. The summed E-state index contributed by atoms with van der Waals surface area (Å²) in [5.74, 6) is -2.19.